The molecule has 5 nitrogen and oxygen atoms in total. The molecule has 1 aromatic carbocycles. The number of aromatic nitrogens is 3. The number of unbranched alkanes of at least 4 members (excludes halogenated alkanes) is 1. The molecule has 26 heavy (non-hydrogen) atoms. The molecule has 0 radical (unpaired) electrons. The Labute approximate surface area is 161 Å². The number of aliphatic hydroxyl groups excluding tert-OH is 1. The molecule has 1 N–H and O–H groups in total. The highest BCUT2D eigenvalue weighted by atomic mass is 35.5. The van der Waals surface area contributed by atoms with Gasteiger partial charge < -0.3 is 5.11 Å². The third kappa shape index (κ3) is 3.09. The summed E-state index contributed by atoms with van der Waals surface area (Å²) >= 11 is 8.21. The Balaban J connectivity index is 1.85. The van der Waals surface area contributed by atoms with Gasteiger partial charge in [-0.3, -0.25) is 9.56 Å². The molecule has 0 fully saturated rings. The first-order valence-corrected chi connectivity index (χ1v) is 9.83. The highest BCUT2D eigenvalue weighted by Crippen LogP contribution is 2.34. The van der Waals surface area contributed by atoms with Crippen molar-refractivity contribution in [2.24, 2.45) is 4.99 Å². The molecular weight excluding hydrogens is 368 g/mol. The van der Waals surface area contributed by atoms with Crippen molar-refractivity contribution in [2.75, 3.05) is 6.61 Å². The summed E-state index contributed by atoms with van der Waals surface area (Å²) in [6.07, 6.45) is 2.71. The smallest absolute Gasteiger partial charge is 0.160 e. The Hall–Kier alpha value is -2.02. The van der Waals surface area contributed by atoms with Gasteiger partial charge in [-0.05, 0) is 38.3 Å². The summed E-state index contributed by atoms with van der Waals surface area (Å²) in [5, 5.41) is 19.4. The van der Waals surface area contributed by atoms with Gasteiger partial charge in [0.05, 0.1) is 5.71 Å². The zero-order valence-corrected chi connectivity index (χ0v) is 16.0. The van der Waals surface area contributed by atoms with Gasteiger partial charge in [-0.2, -0.15) is 0 Å². The number of benzene rings is 1. The maximum Gasteiger partial charge on any atom is 0.160 e. The minimum atomic E-state index is 0.228. The van der Waals surface area contributed by atoms with Crippen LogP contribution >= 0.6 is 22.9 Å². The second-order valence-electron chi connectivity index (χ2n) is 6.26. The molecule has 0 bridgehead atoms. The Bertz CT molecular complexity index is 976. The highest BCUT2D eigenvalue weighted by Gasteiger charge is 2.25. The first kappa shape index (κ1) is 17.4. The van der Waals surface area contributed by atoms with Crippen molar-refractivity contribution in [3.8, 4) is 5.00 Å². The van der Waals surface area contributed by atoms with Gasteiger partial charge in [0.2, 0.25) is 0 Å². The van der Waals surface area contributed by atoms with E-state index in [4.69, 9.17) is 21.7 Å². The molecule has 2 aromatic heterocycles. The summed E-state index contributed by atoms with van der Waals surface area (Å²) in [5.41, 5.74) is 2.91. The van der Waals surface area contributed by atoms with Crippen LogP contribution in [0.15, 0.2) is 35.3 Å². The molecule has 1 aliphatic heterocycles. The average Bonchev–Trinajstić information content (AvgIpc) is 3.16. The summed E-state index contributed by atoms with van der Waals surface area (Å²) in [6.45, 7) is 2.67. The van der Waals surface area contributed by atoms with Crippen molar-refractivity contribution in [3.63, 3.8) is 0 Å². The van der Waals surface area contributed by atoms with Crippen molar-refractivity contribution < 1.29 is 5.11 Å². The van der Waals surface area contributed by atoms with Crippen molar-refractivity contribution in [2.45, 2.75) is 32.7 Å². The van der Waals surface area contributed by atoms with Gasteiger partial charge in [-0.25, -0.2) is 0 Å². The van der Waals surface area contributed by atoms with Gasteiger partial charge >= 0.3 is 0 Å². The Kier molecular flexibility index (Phi) is 4.89. The fourth-order valence-corrected chi connectivity index (χ4v) is 4.68. The van der Waals surface area contributed by atoms with E-state index in [0.717, 1.165) is 52.8 Å². The predicted molar refractivity (Wildman–Crippen MR) is 105 cm³/mol. The molecule has 3 aromatic rings. The van der Waals surface area contributed by atoms with E-state index in [9.17, 15) is 0 Å². The molecule has 7 heteroatoms. The summed E-state index contributed by atoms with van der Waals surface area (Å²) in [7, 11) is 0. The number of thiophene rings is 1. The molecule has 0 spiro atoms. The van der Waals surface area contributed by atoms with E-state index in [1.165, 1.54) is 4.88 Å². The lowest BCUT2D eigenvalue weighted by atomic mass is 10.0. The average molecular weight is 387 g/mol. The van der Waals surface area contributed by atoms with Crippen molar-refractivity contribution in [3.05, 3.63) is 63.0 Å². The van der Waals surface area contributed by atoms with Gasteiger partial charge in [-0.15, -0.1) is 21.5 Å². The fourth-order valence-electron chi connectivity index (χ4n) is 3.19. The van der Waals surface area contributed by atoms with Gasteiger partial charge in [0.15, 0.2) is 5.82 Å². The van der Waals surface area contributed by atoms with Gasteiger partial charge in [0.25, 0.3) is 0 Å². The van der Waals surface area contributed by atoms with E-state index in [1.807, 2.05) is 31.2 Å². The second kappa shape index (κ2) is 7.31. The van der Waals surface area contributed by atoms with Crippen molar-refractivity contribution >= 4 is 28.6 Å². The topological polar surface area (TPSA) is 63.3 Å². The van der Waals surface area contributed by atoms with E-state index >= 15 is 0 Å². The standard InChI is InChI=1S/C19H19ClN4OS/c1-12-22-23-17-11-21-18(14-7-2-3-8-16(14)20)15-10-13(6-4-5-9-25)26-19(15)24(12)17/h2-3,7-8,10,25H,4-6,9,11H2,1H3. The minimum absolute atomic E-state index is 0.228. The predicted octanol–water partition coefficient (Wildman–Crippen LogP) is 3.96. The molecule has 1 aliphatic rings. The number of aliphatic imine (C=N–C) groups is 1. The van der Waals surface area contributed by atoms with Crippen LogP contribution in [0.3, 0.4) is 0 Å². The Morgan fingerprint density at radius 2 is 2.04 bits per heavy atom. The highest BCUT2D eigenvalue weighted by molar-refractivity contribution is 7.15. The molecule has 0 saturated heterocycles. The van der Waals surface area contributed by atoms with E-state index in [0.29, 0.717) is 11.6 Å². The number of hydrogen-bond donors (Lipinski definition) is 1. The van der Waals surface area contributed by atoms with Crippen LogP contribution in [0.2, 0.25) is 5.02 Å². The molecule has 0 aliphatic carbocycles. The van der Waals surface area contributed by atoms with Crippen LogP contribution < -0.4 is 0 Å². The fraction of sp³-hybridized carbons (Fsp3) is 0.316. The SMILES string of the molecule is Cc1nnc2n1-c1sc(CCCCO)cc1C(c1ccccc1Cl)=NC2. The van der Waals surface area contributed by atoms with Crippen LogP contribution in [0.4, 0.5) is 0 Å². The largest absolute Gasteiger partial charge is 0.396 e. The zero-order valence-electron chi connectivity index (χ0n) is 14.4. The van der Waals surface area contributed by atoms with E-state index in [1.54, 1.807) is 11.3 Å². The van der Waals surface area contributed by atoms with Crippen LogP contribution in [-0.4, -0.2) is 32.2 Å². The number of aliphatic hydroxyl groups is 1. The summed E-state index contributed by atoms with van der Waals surface area (Å²) in [5.74, 6) is 1.70. The monoisotopic (exact) mass is 386 g/mol. The lowest BCUT2D eigenvalue weighted by molar-refractivity contribution is 0.285. The lowest BCUT2D eigenvalue weighted by Gasteiger charge is -2.08. The van der Waals surface area contributed by atoms with E-state index in [-0.39, 0.29) is 6.61 Å². The molecule has 0 atom stereocenters. The molecule has 0 amide bonds. The zero-order chi connectivity index (χ0) is 18.1. The number of halogens is 1. The van der Waals surface area contributed by atoms with Crippen LogP contribution in [0, 0.1) is 6.92 Å². The maximum atomic E-state index is 9.05. The molecule has 0 unspecified atom stereocenters. The molecule has 4 rings (SSSR count). The van der Waals surface area contributed by atoms with Crippen LogP contribution in [-0.2, 0) is 13.0 Å². The van der Waals surface area contributed by atoms with Gasteiger partial charge in [0, 0.05) is 27.6 Å². The Morgan fingerprint density at radius 1 is 1.19 bits per heavy atom. The molecular formula is C19H19ClN4OS. The van der Waals surface area contributed by atoms with Crippen LogP contribution in [0.5, 0.6) is 0 Å². The molecule has 0 saturated carbocycles. The second-order valence-corrected chi connectivity index (χ2v) is 7.78. The quantitative estimate of drug-likeness (QED) is 0.675. The molecule has 134 valence electrons. The summed E-state index contributed by atoms with van der Waals surface area (Å²) in [4.78, 5) is 6.10. The van der Waals surface area contributed by atoms with E-state index < -0.39 is 0 Å². The first-order valence-electron chi connectivity index (χ1n) is 8.63. The number of rotatable bonds is 5. The van der Waals surface area contributed by atoms with Crippen LogP contribution in [0.25, 0.3) is 5.00 Å². The minimum Gasteiger partial charge on any atom is -0.396 e. The number of hydrogen-bond acceptors (Lipinski definition) is 5. The van der Waals surface area contributed by atoms with Gasteiger partial charge in [-0.1, -0.05) is 29.8 Å². The summed E-state index contributed by atoms with van der Waals surface area (Å²) < 4.78 is 2.10. The Morgan fingerprint density at radius 3 is 2.85 bits per heavy atom. The van der Waals surface area contributed by atoms with Gasteiger partial charge in [0.1, 0.15) is 17.4 Å². The number of fused-ring (bicyclic) bond motifs is 3. The third-order valence-corrected chi connectivity index (χ3v) is 5.96. The van der Waals surface area contributed by atoms with Crippen LogP contribution in [0.1, 0.15) is 40.5 Å². The maximum absolute atomic E-state index is 9.05. The van der Waals surface area contributed by atoms with Crippen molar-refractivity contribution in [1.29, 1.82) is 0 Å². The number of aryl methyl sites for hydroxylation is 2. The number of nitrogens with zero attached hydrogens (tertiary/aromatic N) is 4. The summed E-state index contributed by atoms with van der Waals surface area (Å²) in [6, 6.07) is 10.0. The van der Waals surface area contributed by atoms with Crippen molar-refractivity contribution in [1.82, 2.24) is 14.8 Å². The first-order chi connectivity index (χ1) is 12.7. The normalized spacial score (nSPS) is 13.1. The molecule has 3 heterocycles. The third-order valence-electron chi connectivity index (χ3n) is 4.45. The lowest BCUT2D eigenvalue weighted by Crippen LogP contribution is -2.05. The van der Waals surface area contributed by atoms with E-state index in [2.05, 4.69) is 20.8 Å².